The molecule has 0 bridgehead atoms. The molecule has 0 atom stereocenters. The third-order valence-electron chi connectivity index (χ3n) is 3.40. The molecule has 0 fully saturated rings. The Kier molecular flexibility index (Phi) is 12.9. The van der Waals surface area contributed by atoms with E-state index in [2.05, 4.69) is 30.4 Å². The molecular formula is C22H29. The van der Waals surface area contributed by atoms with E-state index in [0.717, 1.165) is 6.42 Å². The monoisotopic (exact) mass is 293 g/mol. The highest BCUT2D eigenvalue weighted by molar-refractivity contribution is 5.20. The summed E-state index contributed by atoms with van der Waals surface area (Å²) in [6, 6.07) is 0. The lowest BCUT2D eigenvalue weighted by Gasteiger charge is -1.98. The van der Waals surface area contributed by atoms with Crippen molar-refractivity contribution in [2.24, 2.45) is 0 Å². The van der Waals surface area contributed by atoms with Crippen LogP contribution in [0.2, 0.25) is 0 Å². The van der Waals surface area contributed by atoms with E-state index in [0.29, 0.717) is 0 Å². The van der Waals surface area contributed by atoms with Crippen LogP contribution in [0.3, 0.4) is 0 Å². The molecule has 0 aromatic heterocycles. The van der Waals surface area contributed by atoms with Gasteiger partial charge in [0.05, 0.1) is 0 Å². The zero-order valence-corrected chi connectivity index (χ0v) is 13.7. The fourth-order valence-corrected chi connectivity index (χ4v) is 2.16. The van der Waals surface area contributed by atoms with E-state index in [-0.39, 0.29) is 0 Å². The Hall–Kier alpha value is -1.82. The van der Waals surface area contributed by atoms with Crippen LogP contribution in [-0.4, -0.2) is 0 Å². The maximum atomic E-state index is 3.33. The molecular weight excluding hydrogens is 264 g/mol. The fourth-order valence-electron chi connectivity index (χ4n) is 2.16. The molecule has 0 aromatic carbocycles. The highest BCUT2D eigenvalue weighted by Gasteiger charge is 1.89. The topological polar surface area (TPSA) is 0 Å². The number of hydrogen-bond acceptors (Lipinski definition) is 0. The first-order valence-electron chi connectivity index (χ1n) is 8.55. The van der Waals surface area contributed by atoms with Crippen LogP contribution in [0, 0.1) is 6.08 Å². The first-order chi connectivity index (χ1) is 11.0. The van der Waals surface area contributed by atoms with E-state index in [9.17, 15) is 0 Å². The maximum Gasteiger partial charge on any atom is -0.0276 e. The van der Waals surface area contributed by atoms with Crippen molar-refractivity contribution in [2.75, 3.05) is 0 Å². The molecule has 117 valence electrons. The van der Waals surface area contributed by atoms with Crippen molar-refractivity contribution in [1.29, 1.82) is 0 Å². The Morgan fingerprint density at radius 2 is 0.955 bits per heavy atom. The van der Waals surface area contributed by atoms with Crippen LogP contribution in [0.1, 0.15) is 51.4 Å². The molecule has 1 rings (SSSR count). The average Bonchev–Trinajstić information content (AvgIpc) is 2.53. The van der Waals surface area contributed by atoms with Crippen molar-refractivity contribution in [1.82, 2.24) is 0 Å². The van der Waals surface area contributed by atoms with Crippen LogP contribution < -0.4 is 0 Å². The molecule has 0 amide bonds. The highest BCUT2D eigenvalue weighted by atomic mass is 14.0. The van der Waals surface area contributed by atoms with Crippen molar-refractivity contribution < 1.29 is 0 Å². The second-order valence-electron chi connectivity index (χ2n) is 5.38. The van der Waals surface area contributed by atoms with Crippen LogP contribution >= 0.6 is 0 Å². The van der Waals surface area contributed by atoms with Gasteiger partial charge in [0.1, 0.15) is 0 Å². The standard InChI is InChI=1S/C22H29/c1-2-4-6-8-10-12-14-16-18-20-22-21-19-17-15-13-11-9-7-5-3-1/h1-13H,14,16-22H2/b3-1+,4-2+,7-5+,8-6-,11-9-,12-10+,15-13?. The number of hydrogen-bond donors (Lipinski definition) is 0. The van der Waals surface area contributed by atoms with Crippen molar-refractivity contribution in [3.05, 3.63) is 85.1 Å². The zero-order valence-electron chi connectivity index (χ0n) is 13.7. The second-order valence-corrected chi connectivity index (χ2v) is 5.38. The summed E-state index contributed by atoms with van der Waals surface area (Å²) in [7, 11) is 0. The normalized spacial score (nSPS) is 29.1. The Morgan fingerprint density at radius 1 is 0.455 bits per heavy atom. The fraction of sp³-hybridized carbons (Fsp3) is 0.364. The minimum absolute atomic E-state index is 1.08. The van der Waals surface area contributed by atoms with E-state index in [4.69, 9.17) is 0 Å². The van der Waals surface area contributed by atoms with E-state index < -0.39 is 0 Å². The molecule has 0 unspecified atom stereocenters. The van der Waals surface area contributed by atoms with Crippen LogP contribution in [0.15, 0.2) is 79.0 Å². The Balaban J connectivity index is 2.40. The Labute approximate surface area is 137 Å². The van der Waals surface area contributed by atoms with Gasteiger partial charge in [-0.25, -0.2) is 0 Å². The third-order valence-corrected chi connectivity index (χ3v) is 3.40. The van der Waals surface area contributed by atoms with Crippen molar-refractivity contribution in [3.63, 3.8) is 0 Å². The summed E-state index contributed by atoms with van der Waals surface area (Å²) in [6.07, 6.45) is 40.5. The first-order valence-corrected chi connectivity index (χ1v) is 8.55. The lowest BCUT2D eigenvalue weighted by atomic mass is 10.1. The van der Waals surface area contributed by atoms with E-state index in [1.165, 1.54) is 44.9 Å². The summed E-state index contributed by atoms with van der Waals surface area (Å²) < 4.78 is 0. The van der Waals surface area contributed by atoms with Crippen molar-refractivity contribution >= 4 is 0 Å². The van der Waals surface area contributed by atoms with Gasteiger partial charge < -0.3 is 0 Å². The highest BCUT2D eigenvalue weighted by Crippen LogP contribution is 2.09. The van der Waals surface area contributed by atoms with Gasteiger partial charge in [-0.1, -0.05) is 105 Å². The summed E-state index contributed by atoms with van der Waals surface area (Å²) in [4.78, 5) is 0. The molecule has 22 heavy (non-hydrogen) atoms. The zero-order chi connectivity index (χ0) is 15.6. The van der Waals surface area contributed by atoms with Gasteiger partial charge in [0, 0.05) is 0 Å². The molecule has 0 heterocycles. The third kappa shape index (κ3) is 13.2. The molecule has 0 N–H and O–H groups in total. The van der Waals surface area contributed by atoms with Gasteiger partial charge in [-0.05, 0) is 31.8 Å². The summed E-state index contributed by atoms with van der Waals surface area (Å²) in [5, 5.41) is 0. The summed E-state index contributed by atoms with van der Waals surface area (Å²) in [5.41, 5.74) is 0. The predicted octanol–water partition coefficient (Wildman–Crippen LogP) is 6.82. The van der Waals surface area contributed by atoms with E-state index in [1.54, 1.807) is 0 Å². The molecule has 1 aliphatic rings. The quantitative estimate of drug-likeness (QED) is 0.460. The van der Waals surface area contributed by atoms with Gasteiger partial charge in [0.15, 0.2) is 0 Å². The molecule has 0 nitrogen and oxygen atoms in total. The smallest absolute Gasteiger partial charge is 0.0276 e. The summed E-state index contributed by atoms with van der Waals surface area (Å²) >= 11 is 0. The Morgan fingerprint density at radius 3 is 1.64 bits per heavy atom. The molecule has 0 saturated heterocycles. The van der Waals surface area contributed by atoms with Gasteiger partial charge in [-0.3, -0.25) is 0 Å². The molecule has 0 aliphatic heterocycles. The van der Waals surface area contributed by atoms with Gasteiger partial charge in [-0.2, -0.15) is 0 Å². The number of allylic oxidation sites excluding steroid dienone is 14. The van der Waals surface area contributed by atoms with Crippen molar-refractivity contribution in [2.45, 2.75) is 51.4 Å². The molecule has 1 radical (unpaired) electrons. The minimum Gasteiger partial charge on any atom is -0.0845 e. The van der Waals surface area contributed by atoms with Gasteiger partial charge in [0.25, 0.3) is 0 Å². The van der Waals surface area contributed by atoms with Crippen LogP contribution in [0.25, 0.3) is 0 Å². The average molecular weight is 293 g/mol. The summed E-state index contributed by atoms with van der Waals surface area (Å²) in [6.45, 7) is 0. The van der Waals surface area contributed by atoms with Gasteiger partial charge >= 0.3 is 0 Å². The molecule has 1 aliphatic carbocycles. The van der Waals surface area contributed by atoms with Crippen LogP contribution in [0.4, 0.5) is 0 Å². The Bertz CT molecular complexity index is 397. The summed E-state index contributed by atoms with van der Waals surface area (Å²) in [5.74, 6) is 0. The molecule has 0 saturated carbocycles. The lowest BCUT2D eigenvalue weighted by Crippen LogP contribution is -1.79. The molecule has 0 aromatic rings. The largest absolute Gasteiger partial charge is 0.0845 e. The van der Waals surface area contributed by atoms with Crippen LogP contribution in [0.5, 0.6) is 0 Å². The first kappa shape index (κ1) is 18.2. The van der Waals surface area contributed by atoms with E-state index >= 15 is 0 Å². The van der Waals surface area contributed by atoms with Crippen molar-refractivity contribution in [3.8, 4) is 0 Å². The lowest BCUT2D eigenvalue weighted by molar-refractivity contribution is 0.598. The van der Waals surface area contributed by atoms with E-state index in [1.807, 2.05) is 54.7 Å². The second kappa shape index (κ2) is 15.6. The molecule has 0 spiro atoms. The number of rotatable bonds is 0. The molecule has 0 heteroatoms. The minimum atomic E-state index is 1.08. The SMILES string of the molecule is [C]1=C/C=C\C=C\C=C\C=C\C=C/C=C/CCCCCCCC/1. The van der Waals surface area contributed by atoms with Gasteiger partial charge in [-0.15, -0.1) is 0 Å². The van der Waals surface area contributed by atoms with Gasteiger partial charge in [0.2, 0.25) is 0 Å². The van der Waals surface area contributed by atoms with Crippen LogP contribution in [-0.2, 0) is 0 Å². The maximum absolute atomic E-state index is 3.33. The predicted molar refractivity (Wildman–Crippen MR) is 99.6 cm³/mol.